The van der Waals surface area contributed by atoms with Crippen LogP contribution in [0.5, 0.6) is 0 Å². The number of carboxylic acids is 1. The molecule has 0 aromatic heterocycles. The number of aliphatic carboxylic acids is 1. The third kappa shape index (κ3) is 1.59. The maximum absolute atomic E-state index is 10.3. The van der Waals surface area contributed by atoms with Crippen molar-refractivity contribution in [1.82, 2.24) is 0 Å². The van der Waals surface area contributed by atoms with Crippen molar-refractivity contribution in [3.63, 3.8) is 0 Å². The molecule has 0 amide bonds. The van der Waals surface area contributed by atoms with Crippen molar-refractivity contribution < 1.29 is 9.90 Å². The van der Waals surface area contributed by atoms with E-state index < -0.39 is 5.97 Å². The quantitative estimate of drug-likeness (QED) is 0.603. The van der Waals surface area contributed by atoms with E-state index in [9.17, 15) is 4.79 Å². The van der Waals surface area contributed by atoms with E-state index >= 15 is 0 Å². The molecule has 56 valence electrons. The highest BCUT2D eigenvalue weighted by atomic mass is 16.4. The van der Waals surface area contributed by atoms with Gasteiger partial charge in [0.15, 0.2) is 0 Å². The van der Waals surface area contributed by atoms with E-state index in [1.165, 1.54) is 0 Å². The Kier molecular flexibility index (Phi) is 2.10. The van der Waals surface area contributed by atoms with Gasteiger partial charge in [-0.25, -0.2) is 0 Å². The van der Waals surface area contributed by atoms with Crippen molar-refractivity contribution >= 4 is 5.97 Å². The second-order valence-corrected chi connectivity index (χ2v) is 2.81. The maximum Gasteiger partial charge on any atom is 0.306 e. The van der Waals surface area contributed by atoms with Crippen LogP contribution in [-0.2, 0) is 4.79 Å². The average molecular weight is 140 g/mol. The van der Waals surface area contributed by atoms with Crippen LogP contribution in [0.3, 0.4) is 0 Å². The standard InChI is InChI=1S/C8H12O2/c1-2-3-4-6-5-7(6)8(9)10/h2,6-7H,1,3-5H2,(H,9,10)/t6-,7+/m0/s1. The molecule has 1 aliphatic rings. The first-order valence-corrected chi connectivity index (χ1v) is 3.59. The highest BCUT2D eigenvalue weighted by molar-refractivity contribution is 5.73. The van der Waals surface area contributed by atoms with Crippen LogP contribution in [0, 0.1) is 11.8 Å². The van der Waals surface area contributed by atoms with E-state index in [0.29, 0.717) is 5.92 Å². The Balaban J connectivity index is 2.13. The minimum absolute atomic E-state index is 0.0417. The summed E-state index contributed by atoms with van der Waals surface area (Å²) in [6.07, 6.45) is 4.68. The summed E-state index contributed by atoms with van der Waals surface area (Å²) in [5.41, 5.74) is 0. The Labute approximate surface area is 60.6 Å². The topological polar surface area (TPSA) is 37.3 Å². The van der Waals surface area contributed by atoms with Gasteiger partial charge in [-0.15, -0.1) is 6.58 Å². The Hall–Kier alpha value is -0.790. The molecule has 0 saturated heterocycles. The molecule has 0 unspecified atom stereocenters. The Morgan fingerprint density at radius 2 is 2.50 bits per heavy atom. The van der Waals surface area contributed by atoms with E-state index in [1.54, 1.807) is 0 Å². The van der Waals surface area contributed by atoms with Crippen molar-refractivity contribution in [2.24, 2.45) is 11.8 Å². The van der Waals surface area contributed by atoms with Crippen LogP contribution >= 0.6 is 0 Å². The summed E-state index contributed by atoms with van der Waals surface area (Å²) in [5, 5.41) is 8.50. The molecular weight excluding hydrogens is 128 g/mol. The van der Waals surface area contributed by atoms with Gasteiger partial charge in [0.25, 0.3) is 0 Å². The van der Waals surface area contributed by atoms with Gasteiger partial charge in [-0.2, -0.15) is 0 Å². The molecular formula is C8H12O2. The summed E-state index contributed by atoms with van der Waals surface area (Å²) in [6.45, 7) is 3.58. The number of rotatable bonds is 4. The van der Waals surface area contributed by atoms with Crippen molar-refractivity contribution in [3.8, 4) is 0 Å². The monoisotopic (exact) mass is 140 g/mol. The second kappa shape index (κ2) is 2.86. The van der Waals surface area contributed by atoms with Gasteiger partial charge in [0, 0.05) is 0 Å². The first-order chi connectivity index (χ1) is 4.75. The minimum atomic E-state index is -0.630. The van der Waals surface area contributed by atoms with Gasteiger partial charge in [0.05, 0.1) is 5.92 Å². The fraction of sp³-hybridized carbons (Fsp3) is 0.625. The molecule has 1 N–H and O–H groups in total. The van der Waals surface area contributed by atoms with Crippen LogP contribution in [0.25, 0.3) is 0 Å². The van der Waals surface area contributed by atoms with Crippen LogP contribution < -0.4 is 0 Å². The van der Waals surface area contributed by atoms with E-state index in [-0.39, 0.29) is 5.92 Å². The zero-order valence-corrected chi connectivity index (χ0v) is 5.92. The van der Waals surface area contributed by atoms with Crippen LogP contribution in [0.2, 0.25) is 0 Å². The number of hydrogen-bond acceptors (Lipinski definition) is 1. The summed E-state index contributed by atoms with van der Waals surface area (Å²) in [5.74, 6) is -0.232. The second-order valence-electron chi connectivity index (χ2n) is 2.81. The molecule has 1 saturated carbocycles. The predicted octanol–water partition coefficient (Wildman–Crippen LogP) is 1.67. The summed E-state index contributed by atoms with van der Waals surface area (Å²) in [6, 6.07) is 0. The summed E-state index contributed by atoms with van der Waals surface area (Å²) in [7, 11) is 0. The molecule has 0 bridgehead atoms. The minimum Gasteiger partial charge on any atom is -0.481 e. The van der Waals surface area contributed by atoms with Gasteiger partial charge < -0.3 is 5.11 Å². The summed E-state index contributed by atoms with van der Waals surface area (Å²) in [4.78, 5) is 10.3. The van der Waals surface area contributed by atoms with Gasteiger partial charge in [-0.3, -0.25) is 4.79 Å². The Morgan fingerprint density at radius 3 is 2.90 bits per heavy atom. The molecule has 0 spiro atoms. The first-order valence-electron chi connectivity index (χ1n) is 3.59. The molecule has 10 heavy (non-hydrogen) atoms. The molecule has 2 atom stereocenters. The molecule has 2 nitrogen and oxygen atoms in total. The molecule has 0 heterocycles. The molecule has 1 aliphatic carbocycles. The van der Waals surface area contributed by atoms with Crippen molar-refractivity contribution in [1.29, 1.82) is 0 Å². The molecule has 1 rings (SSSR count). The maximum atomic E-state index is 10.3. The van der Waals surface area contributed by atoms with Crippen LogP contribution in [0.1, 0.15) is 19.3 Å². The zero-order chi connectivity index (χ0) is 7.56. The first kappa shape index (κ1) is 7.32. The third-order valence-corrected chi connectivity index (χ3v) is 1.98. The van der Waals surface area contributed by atoms with Crippen LogP contribution in [0.15, 0.2) is 12.7 Å². The van der Waals surface area contributed by atoms with E-state index in [0.717, 1.165) is 19.3 Å². The largest absolute Gasteiger partial charge is 0.481 e. The SMILES string of the molecule is C=CCC[C@H]1C[C@H]1C(=O)O. The molecule has 0 aliphatic heterocycles. The zero-order valence-electron chi connectivity index (χ0n) is 5.92. The Bertz CT molecular complexity index is 151. The van der Waals surface area contributed by atoms with Crippen molar-refractivity contribution in [3.05, 3.63) is 12.7 Å². The third-order valence-electron chi connectivity index (χ3n) is 1.98. The normalized spacial score (nSPS) is 29.6. The lowest BCUT2D eigenvalue weighted by atomic mass is 10.2. The lowest BCUT2D eigenvalue weighted by Gasteiger charge is -1.90. The lowest BCUT2D eigenvalue weighted by molar-refractivity contribution is -0.138. The van der Waals surface area contributed by atoms with E-state index in [4.69, 9.17) is 5.11 Å². The average Bonchev–Trinajstić information content (AvgIpc) is 2.62. The number of carbonyl (C=O) groups is 1. The van der Waals surface area contributed by atoms with E-state index in [1.807, 2.05) is 6.08 Å². The predicted molar refractivity (Wildman–Crippen MR) is 38.7 cm³/mol. The summed E-state index contributed by atoms with van der Waals surface area (Å²) >= 11 is 0. The molecule has 1 fully saturated rings. The Morgan fingerprint density at radius 1 is 1.80 bits per heavy atom. The van der Waals surface area contributed by atoms with Crippen LogP contribution in [-0.4, -0.2) is 11.1 Å². The van der Waals surface area contributed by atoms with Gasteiger partial charge in [0.2, 0.25) is 0 Å². The molecule has 0 radical (unpaired) electrons. The lowest BCUT2D eigenvalue weighted by Crippen LogP contribution is -1.98. The fourth-order valence-electron chi connectivity index (χ4n) is 1.20. The van der Waals surface area contributed by atoms with Gasteiger partial charge >= 0.3 is 5.97 Å². The van der Waals surface area contributed by atoms with Crippen molar-refractivity contribution in [2.75, 3.05) is 0 Å². The molecule has 0 aromatic carbocycles. The number of hydrogen-bond donors (Lipinski definition) is 1. The van der Waals surface area contributed by atoms with Gasteiger partial charge in [-0.1, -0.05) is 6.08 Å². The number of allylic oxidation sites excluding steroid dienone is 1. The van der Waals surface area contributed by atoms with Gasteiger partial charge in [0.1, 0.15) is 0 Å². The smallest absolute Gasteiger partial charge is 0.306 e. The van der Waals surface area contributed by atoms with Crippen molar-refractivity contribution in [2.45, 2.75) is 19.3 Å². The number of carboxylic acid groups (broad SMARTS) is 1. The molecule has 0 aromatic rings. The summed E-state index contributed by atoms with van der Waals surface area (Å²) < 4.78 is 0. The highest BCUT2D eigenvalue weighted by Crippen LogP contribution is 2.41. The highest BCUT2D eigenvalue weighted by Gasteiger charge is 2.41. The van der Waals surface area contributed by atoms with Gasteiger partial charge in [-0.05, 0) is 25.2 Å². The fourth-order valence-corrected chi connectivity index (χ4v) is 1.20. The van der Waals surface area contributed by atoms with E-state index in [2.05, 4.69) is 6.58 Å². The molecule has 2 heteroatoms. The van der Waals surface area contributed by atoms with Crippen LogP contribution in [0.4, 0.5) is 0 Å².